The first kappa shape index (κ1) is 31.7. The summed E-state index contributed by atoms with van der Waals surface area (Å²) in [6, 6.07) is 15.7. The SMILES string of the molecule is CCCCCCOc1ccc(-c2ccc(-c3ccc(C4CCC(C5CCC(CCC)CC5)CC4)cc3F)cc2)c(F)c1F. The smallest absolute Gasteiger partial charge is 0.201 e. The summed E-state index contributed by atoms with van der Waals surface area (Å²) in [5, 5.41) is 0. The van der Waals surface area contributed by atoms with E-state index in [0.29, 0.717) is 23.7 Å². The average molecular weight is 591 g/mol. The van der Waals surface area contributed by atoms with E-state index in [1.807, 2.05) is 6.07 Å². The molecule has 0 heterocycles. The maximum Gasteiger partial charge on any atom is 0.201 e. The average Bonchev–Trinajstić information content (AvgIpc) is 3.04. The van der Waals surface area contributed by atoms with Crippen molar-refractivity contribution < 1.29 is 17.9 Å². The van der Waals surface area contributed by atoms with Crippen molar-refractivity contribution in [2.24, 2.45) is 17.8 Å². The lowest BCUT2D eigenvalue weighted by Crippen LogP contribution is -2.25. The topological polar surface area (TPSA) is 9.23 Å². The van der Waals surface area contributed by atoms with Crippen LogP contribution in [0, 0.1) is 35.2 Å². The van der Waals surface area contributed by atoms with Crippen molar-refractivity contribution in [3.8, 4) is 28.0 Å². The third kappa shape index (κ3) is 7.86. The van der Waals surface area contributed by atoms with Gasteiger partial charge in [0, 0.05) is 11.1 Å². The predicted octanol–water partition coefficient (Wildman–Crippen LogP) is 12.3. The summed E-state index contributed by atoms with van der Waals surface area (Å²) in [4.78, 5) is 0. The predicted molar refractivity (Wildman–Crippen MR) is 172 cm³/mol. The van der Waals surface area contributed by atoms with E-state index in [-0.39, 0.29) is 17.1 Å². The molecule has 0 amide bonds. The molecule has 0 aliphatic heterocycles. The highest BCUT2D eigenvalue weighted by atomic mass is 19.2. The Kier molecular flexibility index (Phi) is 11.3. The third-order valence-corrected chi connectivity index (χ3v) is 10.3. The van der Waals surface area contributed by atoms with E-state index in [2.05, 4.69) is 19.9 Å². The van der Waals surface area contributed by atoms with Crippen molar-refractivity contribution in [2.45, 2.75) is 110 Å². The fourth-order valence-electron chi connectivity index (χ4n) is 7.71. The Labute approximate surface area is 257 Å². The normalized spacial score (nSPS) is 22.4. The fraction of sp³-hybridized carbons (Fsp3) is 0.538. The number of rotatable bonds is 12. The number of hydrogen-bond acceptors (Lipinski definition) is 1. The summed E-state index contributed by atoms with van der Waals surface area (Å²) in [6.45, 7) is 4.80. The van der Waals surface area contributed by atoms with Crippen LogP contribution in [0.4, 0.5) is 13.2 Å². The molecule has 0 bridgehead atoms. The van der Waals surface area contributed by atoms with Crippen molar-refractivity contribution in [1.82, 2.24) is 0 Å². The monoisotopic (exact) mass is 590 g/mol. The molecule has 3 aromatic carbocycles. The Hall–Kier alpha value is -2.75. The Morgan fingerprint density at radius 1 is 0.628 bits per heavy atom. The summed E-state index contributed by atoms with van der Waals surface area (Å²) < 4.78 is 50.5. The van der Waals surface area contributed by atoms with Crippen molar-refractivity contribution in [3.05, 3.63) is 77.6 Å². The van der Waals surface area contributed by atoms with Crippen LogP contribution >= 0.6 is 0 Å². The summed E-state index contributed by atoms with van der Waals surface area (Å²) in [5.74, 6) is 0.960. The van der Waals surface area contributed by atoms with Gasteiger partial charge >= 0.3 is 0 Å². The molecule has 0 unspecified atom stereocenters. The van der Waals surface area contributed by atoms with Crippen LogP contribution in [-0.4, -0.2) is 6.61 Å². The Bertz CT molecular complexity index is 1300. The first-order valence-corrected chi connectivity index (χ1v) is 17.0. The number of ether oxygens (including phenoxy) is 1. The van der Waals surface area contributed by atoms with E-state index in [4.69, 9.17) is 4.74 Å². The first-order valence-electron chi connectivity index (χ1n) is 17.0. The van der Waals surface area contributed by atoms with Crippen molar-refractivity contribution in [2.75, 3.05) is 6.61 Å². The van der Waals surface area contributed by atoms with E-state index in [1.54, 1.807) is 36.4 Å². The van der Waals surface area contributed by atoms with Gasteiger partial charge in [0.1, 0.15) is 5.82 Å². The number of benzene rings is 3. The van der Waals surface area contributed by atoms with Gasteiger partial charge in [0.15, 0.2) is 11.6 Å². The minimum atomic E-state index is -0.966. The minimum Gasteiger partial charge on any atom is -0.490 e. The van der Waals surface area contributed by atoms with E-state index < -0.39 is 11.6 Å². The van der Waals surface area contributed by atoms with E-state index in [9.17, 15) is 8.78 Å². The van der Waals surface area contributed by atoms with Crippen molar-refractivity contribution in [1.29, 1.82) is 0 Å². The number of halogens is 3. The second kappa shape index (κ2) is 15.3. The summed E-state index contributed by atoms with van der Waals surface area (Å²) in [6.07, 6.45) is 17.2. The molecule has 0 atom stereocenters. The highest BCUT2D eigenvalue weighted by molar-refractivity contribution is 5.71. The van der Waals surface area contributed by atoms with Gasteiger partial charge in [0.05, 0.1) is 6.61 Å². The minimum absolute atomic E-state index is 0.0560. The van der Waals surface area contributed by atoms with Gasteiger partial charge in [-0.15, -0.1) is 0 Å². The highest BCUT2D eigenvalue weighted by Gasteiger charge is 2.31. The van der Waals surface area contributed by atoms with Crippen LogP contribution in [0.1, 0.15) is 115 Å². The van der Waals surface area contributed by atoms with E-state index in [0.717, 1.165) is 67.4 Å². The zero-order valence-electron chi connectivity index (χ0n) is 26.2. The lowest BCUT2D eigenvalue weighted by Gasteiger charge is -2.38. The molecule has 2 saturated carbocycles. The molecule has 3 aromatic rings. The lowest BCUT2D eigenvalue weighted by atomic mass is 9.68. The van der Waals surface area contributed by atoms with Gasteiger partial charge in [-0.05, 0) is 104 Å². The van der Waals surface area contributed by atoms with Gasteiger partial charge < -0.3 is 4.74 Å². The standard InChI is InChI=1S/C39H49F3O/c1-3-5-6-7-25-43-37-24-23-35(38(41)39(37)42)32-19-17-31(18-20-32)34-22-21-33(26-36(34)40)30-15-13-29(14-16-30)28-11-9-27(8-4-2)10-12-28/h17-24,26-30H,3-16,25H2,1-2H3. The van der Waals surface area contributed by atoms with E-state index in [1.165, 1.54) is 57.4 Å². The molecular weight excluding hydrogens is 541 g/mol. The maximum atomic E-state index is 15.4. The molecule has 0 aromatic heterocycles. The van der Waals surface area contributed by atoms with Crippen LogP contribution in [0.2, 0.25) is 0 Å². The van der Waals surface area contributed by atoms with Crippen LogP contribution in [-0.2, 0) is 0 Å². The van der Waals surface area contributed by atoms with Gasteiger partial charge in [0.25, 0.3) is 0 Å². The summed E-state index contributed by atoms with van der Waals surface area (Å²) >= 11 is 0. The van der Waals surface area contributed by atoms with Gasteiger partial charge in [-0.25, -0.2) is 8.78 Å². The van der Waals surface area contributed by atoms with Crippen LogP contribution in [0.15, 0.2) is 54.6 Å². The molecule has 232 valence electrons. The fourth-order valence-corrected chi connectivity index (χ4v) is 7.71. The molecular formula is C39H49F3O. The van der Waals surface area contributed by atoms with Crippen molar-refractivity contribution >= 4 is 0 Å². The van der Waals surface area contributed by atoms with Gasteiger partial charge in [-0.2, -0.15) is 4.39 Å². The van der Waals surface area contributed by atoms with Crippen LogP contribution in [0.5, 0.6) is 5.75 Å². The second-order valence-corrected chi connectivity index (χ2v) is 13.1. The lowest BCUT2D eigenvalue weighted by molar-refractivity contribution is 0.156. The van der Waals surface area contributed by atoms with Gasteiger partial charge in [0.2, 0.25) is 5.82 Å². The molecule has 1 nitrogen and oxygen atoms in total. The van der Waals surface area contributed by atoms with E-state index >= 15 is 4.39 Å². The summed E-state index contributed by atoms with van der Waals surface area (Å²) in [7, 11) is 0. The molecule has 2 fully saturated rings. The van der Waals surface area contributed by atoms with Crippen LogP contribution < -0.4 is 4.74 Å². The Balaban J connectivity index is 1.18. The van der Waals surface area contributed by atoms with Crippen LogP contribution in [0.3, 0.4) is 0 Å². The number of unbranched alkanes of at least 4 members (excludes halogenated alkanes) is 3. The number of hydrogen-bond donors (Lipinski definition) is 0. The molecule has 4 heteroatoms. The van der Waals surface area contributed by atoms with Gasteiger partial charge in [-0.3, -0.25) is 0 Å². The molecule has 0 radical (unpaired) electrons. The zero-order valence-corrected chi connectivity index (χ0v) is 26.2. The van der Waals surface area contributed by atoms with Crippen molar-refractivity contribution in [3.63, 3.8) is 0 Å². The molecule has 2 aliphatic carbocycles. The molecule has 2 aliphatic rings. The Morgan fingerprint density at radius 3 is 1.88 bits per heavy atom. The zero-order chi connectivity index (χ0) is 30.2. The molecule has 43 heavy (non-hydrogen) atoms. The molecule has 0 N–H and O–H groups in total. The first-order chi connectivity index (χ1) is 21.0. The quantitative estimate of drug-likeness (QED) is 0.191. The van der Waals surface area contributed by atoms with Gasteiger partial charge in [-0.1, -0.05) is 95.2 Å². The molecule has 5 rings (SSSR count). The third-order valence-electron chi connectivity index (χ3n) is 10.3. The van der Waals surface area contributed by atoms with Crippen LogP contribution in [0.25, 0.3) is 22.3 Å². The highest BCUT2D eigenvalue weighted by Crippen LogP contribution is 2.45. The largest absolute Gasteiger partial charge is 0.490 e. The molecule has 0 saturated heterocycles. The summed E-state index contributed by atoms with van der Waals surface area (Å²) in [5.41, 5.74) is 3.08. The maximum absolute atomic E-state index is 15.4. The molecule has 0 spiro atoms. The second-order valence-electron chi connectivity index (χ2n) is 13.1. The Morgan fingerprint density at radius 2 is 1.26 bits per heavy atom.